The van der Waals surface area contributed by atoms with Gasteiger partial charge in [0.15, 0.2) is 0 Å². The average molecular weight is 376 g/mol. The number of hydrogen-bond acceptors (Lipinski definition) is 4. The Bertz CT molecular complexity index is 863. The second-order valence-corrected chi connectivity index (χ2v) is 8.00. The van der Waals surface area contributed by atoms with Gasteiger partial charge in [-0.05, 0) is 43.7 Å². The third-order valence-corrected chi connectivity index (χ3v) is 5.21. The fraction of sp³-hybridized carbons (Fsp3) is 0.316. The van der Waals surface area contributed by atoms with Gasteiger partial charge in [-0.3, -0.25) is 9.10 Å². The lowest BCUT2D eigenvalue weighted by atomic mass is 10.1. The van der Waals surface area contributed by atoms with Crippen molar-refractivity contribution in [1.82, 2.24) is 5.32 Å². The van der Waals surface area contributed by atoms with E-state index < -0.39 is 16.1 Å². The number of carbonyl (C=O) groups excluding carboxylic acids is 1. The normalized spacial score (nSPS) is 12.3. The summed E-state index contributed by atoms with van der Waals surface area (Å²) in [6, 6.07) is 13.4. The van der Waals surface area contributed by atoms with Crippen molar-refractivity contribution in [2.45, 2.75) is 26.4 Å². The number of nitrogens with one attached hydrogen (secondary N) is 1. The van der Waals surface area contributed by atoms with E-state index in [0.717, 1.165) is 21.7 Å². The Labute approximate surface area is 154 Å². The van der Waals surface area contributed by atoms with Crippen molar-refractivity contribution < 1.29 is 17.9 Å². The Morgan fingerprint density at radius 1 is 1.19 bits per heavy atom. The molecular formula is C19H24N2O4S. The number of anilines is 1. The van der Waals surface area contributed by atoms with E-state index in [4.69, 9.17) is 4.74 Å². The SMILES string of the molecule is COc1ccc(N([C@H](C)C(=O)NCc2cccc(C)c2)S(C)(=O)=O)cc1. The molecule has 0 saturated heterocycles. The highest BCUT2D eigenvalue weighted by Gasteiger charge is 2.28. The molecule has 2 aromatic rings. The van der Waals surface area contributed by atoms with E-state index in [1.54, 1.807) is 31.2 Å². The molecule has 0 bridgehead atoms. The van der Waals surface area contributed by atoms with Crippen LogP contribution in [0.4, 0.5) is 5.69 Å². The number of aryl methyl sites for hydroxylation is 1. The standard InChI is InChI=1S/C19H24N2O4S/c1-14-6-5-7-16(12-14)13-20-19(22)15(2)21(26(4,23)24)17-8-10-18(25-3)11-9-17/h5-12,15H,13H2,1-4H3,(H,20,22)/t15-/m1/s1. The van der Waals surface area contributed by atoms with Gasteiger partial charge in [0, 0.05) is 6.54 Å². The Morgan fingerprint density at radius 2 is 1.85 bits per heavy atom. The highest BCUT2D eigenvalue weighted by atomic mass is 32.2. The van der Waals surface area contributed by atoms with Crippen molar-refractivity contribution in [3.05, 3.63) is 59.7 Å². The smallest absolute Gasteiger partial charge is 0.243 e. The topological polar surface area (TPSA) is 75.7 Å². The maximum Gasteiger partial charge on any atom is 0.243 e. The van der Waals surface area contributed by atoms with Crippen LogP contribution in [0.25, 0.3) is 0 Å². The Hall–Kier alpha value is -2.54. The second kappa shape index (κ2) is 8.23. The van der Waals surface area contributed by atoms with Gasteiger partial charge < -0.3 is 10.1 Å². The van der Waals surface area contributed by atoms with Gasteiger partial charge in [-0.2, -0.15) is 0 Å². The van der Waals surface area contributed by atoms with Gasteiger partial charge in [-0.25, -0.2) is 8.42 Å². The van der Waals surface area contributed by atoms with Gasteiger partial charge in [0.1, 0.15) is 11.8 Å². The van der Waals surface area contributed by atoms with Crippen LogP contribution in [0, 0.1) is 6.92 Å². The molecular weight excluding hydrogens is 352 g/mol. The minimum atomic E-state index is -3.64. The first-order valence-electron chi connectivity index (χ1n) is 8.19. The number of hydrogen-bond donors (Lipinski definition) is 1. The molecule has 0 aliphatic carbocycles. The predicted molar refractivity (Wildman–Crippen MR) is 103 cm³/mol. The lowest BCUT2D eigenvalue weighted by molar-refractivity contribution is -0.122. The van der Waals surface area contributed by atoms with Gasteiger partial charge in [0.25, 0.3) is 0 Å². The summed E-state index contributed by atoms with van der Waals surface area (Å²) >= 11 is 0. The Kier molecular flexibility index (Phi) is 6.26. The first kappa shape index (κ1) is 19.8. The van der Waals surface area contributed by atoms with Gasteiger partial charge in [0.2, 0.25) is 15.9 Å². The van der Waals surface area contributed by atoms with E-state index in [1.165, 1.54) is 7.11 Å². The summed E-state index contributed by atoms with van der Waals surface area (Å²) in [5.74, 6) is 0.242. The Morgan fingerprint density at radius 3 is 2.38 bits per heavy atom. The second-order valence-electron chi connectivity index (χ2n) is 6.14. The molecule has 0 radical (unpaired) electrons. The summed E-state index contributed by atoms with van der Waals surface area (Å²) in [7, 11) is -2.11. The van der Waals surface area contributed by atoms with Crippen LogP contribution in [0.15, 0.2) is 48.5 Å². The minimum Gasteiger partial charge on any atom is -0.497 e. The van der Waals surface area contributed by atoms with E-state index >= 15 is 0 Å². The molecule has 1 atom stereocenters. The molecule has 2 aromatic carbocycles. The summed E-state index contributed by atoms with van der Waals surface area (Å²) in [4.78, 5) is 12.5. The summed E-state index contributed by atoms with van der Waals surface area (Å²) in [5.41, 5.74) is 2.47. The first-order valence-corrected chi connectivity index (χ1v) is 10.0. The molecule has 140 valence electrons. The maximum atomic E-state index is 12.5. The van der Waals surface area contributed by atoms with Crippen LogP contribution in [0.1, 0.15) is 18.1 Å². The number of sulfonamides is 1. The van der Waals surface area contributed by atoms with Crippen LogP contribution >= 0.6 is 0 Å². The molecule has 0 aliphatic rings. The summed E-state index contributed by atoms with van der Waals surface area (Å²) in [6.45, 7) is 3.88. The molecule has 1 amide bonds. The fourth-order valence-corrected chi connectivity index (χ4v) is 3.87. The average Bonchev–Trinajstić information content (AvgIpc) is 2.59. The summed E-state index contributed by atoms with van der Waals surface area (Å²) < 4.78 is 30.7. The van der Waals surface area contributed by atoms with E-state index in [2.05, 4.69) is 5.32 Å². The number of benzene rings is 2. The molecule has 1 N–H and O–H groups in total. The molecule has 0 spiro atoms. The van der Waals surface area contributed by atoms with E-state index in [9.17, 15) is 13.2 Å². The van der Waals surface area contributed by atoms with Crippen molar-refractivity contribution in [2.75, 3.05) is 17.7 Å². The van der Waals surface area contributed by atoms with E-state index in [0.29, 0.717) is 18.0 Å². The zero-order valence-corrected chi connectivity index (χ0v) is 16.2. The van der Waals surface area contributed by atoms with Crippen molar-refractivity contribution in [1.29, 1.82) is 0 Å². The molecule has 26 heavy (non-hydrogen) atoms. The van der Waals surface area contributed by atoms with Gasteiger partial charge >= 0.3 is 0 Å². The fourth-order valence-electron chi connectivity index (χ4n) is 2.70. The molecule has 6 nitrogen and oxygen atoms in total. The number of methoxy groups -OCH3 is 1. The van der Waals surface area contributed by atoms with Crippen molar-refractivity contribution in [3.63, 3.8) is 0 Å². The van der Waals surface area contributed by atoms with Crippen molar-refractivity contribution in [2.24, 2.45) is 0 Å². The zero-order valence-electron chi connectivity index (χ0n) is 15.4. The van der Waals surface area contributed by atoms with Crippen LogP contribution < -0.4 is 14.4 Å². The molecule has 0 saturated carbocycles. The quantitative estimate of drug-likeness (QED) is 0.805. The van der Waals surface area contributed by atoms with Crippen LogP contribution in [0.3, 0.4) is 0 Å². The Balaban J connectivity index is 2.17. The zero-order chi connectivity index (χ0) is 19.3. The monoisotopic (exact) mass is 376 g/mol. The predicted octanol–water partition coefficient (Wildman–Crippen LogP) is 2.47. The van der Waals surface area contributed by atoms with Gasteiger partial charge in [0.05, 0.1) is 19.1 Å². The number of ether oxygens (including phenoxy) is 1. The highest BCUT2D eigenvalue weighted by Crippen LogP contribution is 2.23. The largest absolute Gasteiger partial charge is 0.497 e. The lowest BCUT2D eigenvalue weighted by Gasteiger charge is -2.28. The molecule has 0 unspecified atom stereocenters. The number of rotatable bonds is 7. The van der Waals surface area contributed by atoms with E-state index in [-0.39, 0.29) is 5.91 Å². The van der Waals surface area contributed by atoms with E-state index in [1.807, 2.05) is 31.2 Å². The molecule has 0 heterocycles. The van der Waals surface area contributed by atoms with Crippen molar-refractivity contribution in [3.8, 4) is 5.75 Å². The van der Waals surface area contributed by atoms with Crippen LogP contribution in [-0.2, 0) is 21.4 Å². The molecule has 0 aliphatic heterocycles. The van der Waals surface area contributed by atoms with Crippen LogP contribution in [0.5, 0.6) is 5.75 Å². The van der Waals surface area contributed by atoms with Crippen molar-refractivity contribution >= 4 is 21.6 Å². The molecule has 7 heteroatoms. The summed E-state index contributed by atoms with van der Waals surface area (Å²) in [6.07, 6.45) is 1.08. The number of nitrogens with zero attached hydrogens (tertiary/aromatic N) is 1. The highest BCUT2D eigenvalue weighted by molar-refractivity contribution is 7.92. The third-order valence-electron chi connectivity index (χ3n) is 3.96. The van der Waals surface area contributed by atoms with Crippen LogP contribution in [0.2, 0.25) is 0 Å². The van der Waals surface area contributed by atoms with Gasteiger partial charge in [-0.15, -0.1) is 0 Å². The maximum absolute atomic E-state index is 12.5. The summed E-state index contributed by atoms with van der Waals surface area (Å²) in [5, 5.41) is 2.80. The lowest BCUT2D eigenvalue weighted by Crippen LogP contribution is -2.47. The third kappa shape index (κ3) is 4.98. The first-order chi connectivity index (χ1) is 12.2. The number of carbonyl (C=O) groups is 1. The molecule has 0 fully saturated rings. The molecule has 2 rings (SSSR count). The van der Waals surface area contributed by atoms with Crippen LogP contribution in [-0.4, -0.2) is 33.7 Å². The molecule has 0 aromatic heterocycles. The number of amides is 1. The minimum absolute atomic E-state index is 0.338. The van der Waals surface area contributed by atoms with Gasteiger partial charge in [-0.1, -0.05) is 29.8 Å².